The molecule has 1 aliphatic rings. The molecule has 1 N–H and O–H groups in total. The van der Waals surface area contributed by atoms with Crippen LogP contribution in [0.3, 0.4) is 0 Å². The topological polar surface area (TPSA) is 67.5 Å². The zero-order valence-corrected chi connectivity index (χ0v) is 16.0. The van der Waals surface area contributed by atoms with E-state index in [1.807, 2.05) is 55.6 Å². The van der Waals surface area contributed by atoms with Gasteiger partial charge in [0.15, 0.2) is 0 Å². The van der Waals surface area contributed by atoms with E-state index in [1.54, 1.807) is 18.2 Å². The number of hydrogen-bond donors (Lipinski definition) is 1. The first-order valence-corrected chi connectivity index (χ1v) is 9.28. The molecule has 1 amide bonds. The lowest BCUT2D eigenvalue weighted by Crippen LogP contribution is -2.38. The Morgan fingerprint density at radius 3 is 2.89 bits per heavy atom. The first kappa shape index (κ1) is 18.1. The molecule has 1 aromatic heterocycles. The Morgan fingerprint density at radius 1 is 1.29 bits per heavy atom. The van der Waals surface area contributed by atoms with Crippen molar-refractivity contribution >= 4 is 5.91 Å². The summed E-state index contributed by atoms with van der Waals surface area (Å²) in [5, 5.41) is 7.22. The fraction of sp³-hybridized carbons (Fsp3) is 0.273. The first-order chi connectivity index (χ1) is 13.7. The van der Waals surface area contributed by atoms with Crippen LogP contribution >= 0.6 is 0 Å². The van der Waals surface area contributed by atoms with Crippen LogP contribution in [0.25, 0.3) is 11.3 Å². The van der Waals surface area contributed by atoms with Gasteiger partial charge in [0.2, 0.25) is 5.91 Å². The zero-order valence-electron chi connectivity index (χ0n) is 16.0. The summed E-state index contributed by atoms with van der Waals surface area (Å²) >= 11 is 0. The number of rotatable bonds is 5. The number of aromatic amines is 1. The van der Waals surface area contributed by atoms with E-state index in [0.717, 1.165) is 33.9 Å². The highest BCUT2D eigenvalue weighted by Crippen LogP contribution is 2.31. The molecule has 0 fully saturated rings. The molecule has 0 aliphatic carbocycles. The average Bonchev–Trinajstić information content (AvgIpc) is 3.21. The number of benzene rings is 2. The average molecular weight is 377 g/mol. The largest absolute Gasteiger partial charge is 0.497 e. The van der Waals surface area contributed by atoms with E-state index in [-0.39, 0.29) is 11.8 Å². The number of nitrogens with zero attached hydrogens (tertiary/aromatic N) is 2. The van der Waals surface area contributed by atoms with Crippen molar-refractivity contribution in [3.63, 3.8) is 0 Å². The minimum Gasteiger partial charge on any atom is -0.497 e. The number of ether oxygens (including phenoxy) is 2. The highest BCUT2D eigenvalue weighted by Gasteiger charge is 2.29. The van der Waals surface area contributed by atoms with Gasteiger partial charge in [-0.2, -0.15) is 5.10 Å². The van der Waals surface area contributed by atoms with E-state index in [2.05, 4.69) is 10.2 Å². The number of hydrogen-bond acceptors (Lipinski definition) is 4. The van der Waals surface area contributed by atoms with Crippen molar-refractivity contribution in [1.29, 1.82) is 0 Å². The molecule has 28 heavy (non-hydrogen) atoms. The van der Waals surface area contributed by atoms with Crippen LogP contribution in [0.1, 0.15) is 11.1 Å². The molecule has 1 aliphatic heterocycles. The predicted molar refractivity (Wildman–Crippen MR) is 106 cm³/mol. The van der Waals surface area contributed by atoms with Crippen molar-refractivity contribution in [2.45, 2.75) is 13.0 Å². The summed E-state index contributed by atoms with van der Waals surface area (Å²) in [5.41, 5.74) is 3.99. The number of nitrogens with one attached hydrogen (secondary N) is 1. The Labute approximate surface area is 164 Å². The number of H-pyrrole nitrogens is 1. The summed E-state index contributed by atoms with van der Waals surface area (Å²) < 4.78 is 11.1. The maximum atomic E-state index is 13.0. The van der Waals surface area contributed by atoms with Crippen LogP contribution in [0.5, 0.6) is 11.5 Å². The third kappa shape index (κ3) is 3.58. The van der Waals surface area contributed by atoms with Gasteiger partial charge in [-0.25, -0.2) is 0 Å². The van der Waals surface area contributed by atoms with Gasteiger partial charge in [-0.3, -0.25) is 9.89 Å². The predicted octanol–water partition coefficient (Wildman–Crippen LogP) is 3.30. The summed E-state index contributed by atoms with van der Waals surface area (Å²) in [6.45, 7) is 0.875. The highest BCUT2D eigenvalue weighted by molar-refractivity contribution is 5.80. The fourth-order valence-electron chi connectivity index (χ4n) is 3.59. The molecule has 0 saturated carbocycles. The maximum Gasteiger partial charge on any atom is 0.229 e. The summed E-state index contributed by atoms with van der Waals surface area (Å²) in [6, 6.07) is 15.7. The van der Waals surface area contributed by atoms with Gasteiger partial charge >= 0.3 is 0 Å². The Kier molecular flexibility index (Phi) is 5.02. The quantitative estimate of drug-likeness (QED) is 0.741. The number of amides is 1. The second kappa shape index (κ2) is 7.76. The van der Waals surface area contributed by atoms with Crippen LogP contribution < -0.4 is 9.47 Å². The molecule has 0 saturated heterocycles. The molecule has 6 heteroatoms. The molecule has 144 valence electrons. The minimum absolute atomic E-state index is 0.0636. The summed E-state index contributed by atoms with van der Waals surface area (Å²) in [6.07, 6.45) is 2.43. The lowest BCUT2D eigenvalue weighted by atomic mass is 9.95. The molecule has 2 heterocycles. The van der Waals surface area contributed by atoms with E-state index in [1.165, 1.54) is 0 Å². The van der Waals surface area contributed by atoms with Crippen molar-refractivity contribution in [2.75, 3.05) is 20.8 Å². The molecular weight excluding hydrogens is 354 g/mol. The molecule has 6 nitrogen and oxygen atoms in total. The van der Waals surface area contributed by atoms with Crippen molar-refractivity contribution in [3.8, 4) is 22.8 Å². The van der Waals surface area contributed by atoms with Crippen LogP contribution in [0.15, 0.2) is 54.7 Å². The van der Waals surface area contributed by atoms with E-state index < -0.39 is 0 Å². The molecule has 4 rings (SSSR count). The standard InChI is InChI=1S/C22H23N3O3/c1-25(13-18-12-23-24-21(18)15-6-4-3-5-7-15)22(26)17-10-16-11-19(27-2)8-9-20(16)28-14-17/h3-9,11-12,17H,10,13-14H2,1-2H3,(H,23,24)/t17-/m0/s1. The van der Waals surface area contributed by atoms with Gasteiger partial charge in [0, 0.05) is 19.2 Å². The minimum atomic E-state index is -0.211. The second-order valence-corrected chi connectivity index (χ2v) is 7.02. The lowest BCUT2D eigenvalue weighted by molar-refractivity contribution is -0.136. The maximum absolute atomic E-state index is 13.0. The van der Waals surface area contributed by atoms with Gasteiger partial charge in [-0.1, -0.05) is 30.3 Å². The second-order valence-electron chi connectivity index (χ2n) is 7.02. The van der Waals surface area contributed by atoms with Crippen molar-refractivity contribution in [3.05, 3.63) is 65.9 Å². The van der Waals surface area contributed by atoms with Crippen molar-refractivity contribution < 1.29 is 14.3 Å². The van der Waals surface area contributed by atoms with E-state index in [9.17, 15) is 4.79 Å². The van der Waals surface area contributed by atoms with Crippen LogP contribution in [-0.4, -0.2) is 41.8 Å². The molecule has 1 atom stereocenters. The third-order valence-electron chi connectivity index (χ3n) is 5.09. The van der Waals surface area contributed by atoms with E-state index in [4.69, 9.17) is 9.47 Å². The van der Waals surface area contributed by atoms with Gasteiger partial charge in [-0.05, 0) is 35.7 Å². The smallest absolute Gasteiger partial charge is 0.229 e. The van der Waals surface area contributed by atoms with E-state index in [0.29, 0.717) is 19.6 Å². The number of carbonyl (C=O) groups is 1. The monoisotopic (exact) mass is 377 g/mol. The van der Waals surface area contributed by atoms with Gasteiger partial charge in [-0.15, -0.1) is 0 Å². The van der Waals surface area contributed by atoms with Gasteiger partial charge in [0.25, 0.3) is 0 Å². The molecule has 0 bridgehead atoms. The lowest BCUT2D eigenvalue weighted by Gasteiger charge is -2.28. The first-order valence-electron chi connectivity index (χ1n) is 9.28. The molecule has 0 unspecified atom stereocenters. The van der Waals surface area contributed by atoms with Gasteiger partial charge in [0.05, 0.1) is 24.9 Å². The van der Waals surface area contributed by atoms with E-state index >= 15 is 0 Å². The fourth-order valence-corrected chi connectivity index (χ4v) is 3.59. The van der Waals surface area contributed by atoms with Gasteiger partial charge < -0.3 is 14.4 Å². The zero-order chi connectivity index (χ0) is 19.5. The molecule has 3 aromatic rings. The Balaban J connectivity index is 1.47. The Hall–Kier alpha value is -3.28. The normalized spacial score (nSPS) is 15.4. The molecule has 0 radical (unpaired) electrons. The van der Waals surface area contributed by atoms with Gasteiger partial charge in [0.1, 0.15) is 18.1 Å². The number of carbonyl (C=O) groups excluding carboxylic acids is 1. The van der Waals surface area contributed by atoms with Crippen molar-refractivity contribution in [2.24, 2.45) is 5.92 Å². The summed E-state index contributed by atoms with van der Waals surface area (Å²) in [4.78, 5) is 14.8. The summed E-state index contributed by atoms with van der Waals surface area (Å²) in [7, 11) is 3.46. The molecule has 0 spiro atoms. The molecule has 2 aromatic carbocycles. The van der Waals surface area contributed by atoms with Crippen LogP contribution in [-0.2, 0) is 17.8 Å². The van der Waals surface area contributed by atoms with Crippen molar-refractivity contribution in [1.82, 2.24) is 15.1 Å². The van der Waals surface area contributed by atoms with Crippen LogP contribution in [0, 0.1) is 5.92 Å². The summed E-state index contributed by atoms with van der Waals surface area (Å²) in [5.74, 6) is 1.45. The Morgan fingerprint density at radius 2 is 2.11 bits per heavy atom. The SMILES string of the molecule is COc1ccc2c(c1)C[C@H](C(=O)N(C)Cc1cn[nH]c1-c1ccccc1)CO2. The van der Waals surface area contributed by atoms with Crippen LogP contribution in [0.2, 0.25) is 0 Å². The van der Waals surface area contributed by atoms with Crippen LogP contribution in [0.4, 0.5) is 0 Å². The Bertz CT molecular complexity index is 968. The number of aromatic nitrogens is 2. The highest BCUT2D eigenvalue weighted by atomic mass is 16.5. The molecular formula is C22H23N3O3. The number of methoxy groups -OCH3 is 1. The third-order valence-corrected chi connectivity index (χ3v) is 5.09. The number of fused-ring (bicyclic) bond motifs is 1.